The number of methoxy groups -OCH3 is 2. The average molecular weight is 406 g/mol. The van der Waals surface area contributed by atoms with Gasteiger partial charge in [-0.25, -0.2) is 8.42 Å². The first-order valence-corrected chi connectivity index (χ1v) is 9.98. The lowest BCUT2D eigenvalue weighted by molar-refractivity contribution is -0.124. The molecule has 0 fully saturated rings. The minimum absolute atomic E-state index is 0.0350. The van der Waals surface area contributed by atoms with Crippen molar-refractivity contribution in [1.82, 2.24) is 0 Å². The number of rotatable bonds is 5. The summed E-state index contributed by atoms with van der Waals surface area (Å²) in [6.07, 6.45) is 0. The first-order valence-electron chi connectivity index (χ1n) is 8.49. The summed E-state index contributed by atoms with van der Waals surface area (Å²) in [5.41, 5.74) is -0.0208. The molecule has 0 radical (unpaired) electrons. The van der Waals surface area contributed by atoms with E-state index >= 15 is 0 Å². The molecule has 2 aromatic carbocycles. The van der Waals surface area contributed by atoms with E-state index in [0.717, 1.165) is 0 Å². The summed E-state index contributed by atoms with van der Waals surface area (Å²) < 4.78 is 44.1. The Hall–Kier alpha value is -2.94. The van der Waals surface area contributed by atoms with Gasteiger partial charge in [-0.05, 0) is 44.2 Å². The van der Waals surface area contributed by atoms with Gasteiger partial charge in [-0.3, -0.25) is 9.52 Å². The third-order valence-corrected chi connectivity index (χ3v) is 5.76. The van der Waals surface area contributed by atoms with Crippen molar-refractivity contribution in [3.8, 4) is 17.2 Å². The van der Waals surface area contributed by atoms with E-state index in [4.69, 9.17) is 14.2 Å². The van der Waals surface area contributed by atoms with Gasteiger partial charge in [0.1, 0.15) is 28.8 Å². The molecule has 2 N–H and O–H groups in total. The summed E-state index contributed by atoms with van der Waals surface area (Å²) >= 11 is 0. The van der Waals surface area contributed by atoms with Crippen LogP contribution in [0.1, 0.15) is 13.8 Å². The minimum atomic E-state index is -3.94. The van der Waals surface area contributed by atoms with Crippen LogP contribution in [0.4, 0.5) is 11.4 Å². The highest BCUT2D eigenvalue weighted by Crippen LogP contribution is 2.35. The summed E-state index contributed by atoms with van der Waals surface area (Å²) in [5, 5.41) is 2.78. The normalized spacial score (nSPS) is 15.5. The highest BCUT2D eigenvalue weighted by molar-refractivity contribution is 7.92. The second-order valence-electron chi connectivity index (χ2n) is 6.96. The Labute approximate surface area is 163 Å². The molecule has 0 saturated heterocycles. The predicted molar refractivity (Wildman–Crippen MR) is 105 cm³/mol. The Morgan fingerprint density at radius 1 is 1.11 bits per heavy atom. The van der Waals surface area contributed by atoms with E-state index < -0.39 is 15.4 Å². The first-order chi connectivity index (χ1) is 13.2. The zero-order valence-corrected chi connectivity index (χ0v) is 16.8. The van der Waals surface area contributed by atoms with Crippen LogP contribution in [-0.4, -0.2) is 35.2 Å². The fourth-order valence-corrected chi connectivity index (χ4v) is 3.84. The molecule has 0 spiro atoms. The van der Waals surface area contributed by atoms with Crippen molar-refractivity contribution in [2.45, 2.75) is 18.7 Å². The van der Waals surface area contributed by atoms with Crippen LogP contribution < -0.4 is 24.2 Å². The van der Waals surface area contributed by atoms with Crippen molar-refractivity contribution >= 4 is 27.3 Å². The van der Waals surface area contributed by atoms with Crippen LogP contribution in [0.3, 0.4) is 0 Å². The highest BCUT2D eigenvalue weighted by Gasteiger charge is 2.32. The van der Waals surface area contributed by atoms with Gasteiger partial charge in [0.25, 0.3) is 10.0 Å². The Balaban J connectivity index is 1.92. The van der Waals surface area contributed by atoms with E-state index in [1.807, 2.05) is 0 Å². The molecule has 0 bridgehead atoms. The number of ether oxygens (including phenoxy) is 3. The van der Waals surface area contributed by atoms with Crippen molar-refractivity contribution in [1.29, 1.82) is 0 Å². The number of carbonyl (C=O) groups excluding carboxylic acids is 1. The lowest BCUT2D eigenvalue weighted by Gasteiger charge is -2.18. The molecule has 0 unspecified atom stereocenters. The lowest BCUT2D eigenvalue weighted by atomic mass is 9.94. The van der Waals surface area contributed by atoms with Crippen molar-refractivity contribution < 1.29 is 27.4 Å². The van der Waals surface area contributed by atoms with Gasteiger partial charge in [0.2, 0.25) is 5.91 Å². The number of hydrogen-bond acceptors (Lipinski definition) is 6. The Bertz CT molecular complexity index is 1020. The number of benzene rings is 2. The Morgan fingerprint density at radius 2 is 1.86 bits per heavy atom. The number of hydrogen-bond donors (Lipinski definition) is 2. The maximum atomic E-state index is 12.8. The van der Waals surface area contributed by atoms with Gasteiger partial charge >= 0.3 is 0 Å². The van der Waals surface area contributed by atoms with Crippen molar-refractivity contribution in [2.24, 2.45) is 5.41 Å². The van der Waals surface area contributed by atoms with Crippen molar-refractivity contribution in [3.05, 3.63) is 36.4 Å². The van der Waals surface area contributed by atoms with Gasteiger partial charge in [0.15, 0.2) is 0 Å². The minimum Gasteiger partial charge on any atom is -0.497 e. The Kier molecular flexibility index (Phi) is 5.12. The number of fused-ring (bicyclic) bond motifs is 1. The number of sulfonamides is 1. The molecule has 1 aliphatic rings. The molecular formula is C19H22N2O6S. The largest absolute Gasteiger partial charge is 0.497 e. The zero-order chi connectivity index (χ0) is 20.5. The molecular weight excluding hydrogens is 384 g/mol. The second-order valence-corrected chi connectivity index (χ2v) is 8.61. The molecule has 28 heavy (non-hydrogen) atoms. The quantitative estimate of drug-likeness (QED) is 0.792. The van der Waals surface area contributed by atoms with Gasteiger partial charge < -0.3 is 19.5 Å². The van der Waals surface area contributed by atoms with Gasteiger partial charge in [0, 0.05) is 6.07 Å². The number of nitrogens with one attached hydrogen (secondary N) is 2. The standard InChI is InChI=1S/C19H22N2O6S/c1-19(2)11-27-15-7-5-12(9-14(15)20-18(19)22)21-28(23,24)17-8-6-13(25-3)10-16(17)26-4/h5-10,21H,11H2,1-4H3,(H,20,22). The van der Waals surface area contributed by atoms with E-state index in [9.17, 15) is 13.2 Å². The van der Waals surface area contributed by atoms with Crippen LogP contribution in [0.25, 0.3) is 0 Å². The molecule has 3 rings (SSSR count). The van der Waals surface area contributed by atoms with Gasteiger partial charge in [-0.15, -0.1) is 0 Å². The summed E-state index contributed by atoms with van der Waals surface area (Å²) in [6.45, 7) is 3.77. The third kappa shape index (κ3) is 3.84. The third-order valence-electron chi connectivity index (χ3n) is 4.34. The van der Waals surface area contributed by atoms with Crippen molar-refractivity contribution in [2.75, 3.05) is 30.9 Å². The molecule has 0 saturated carbocycles. The molecule has 150 valence electrons. The van der Waals surface area contributed by atoms with E-state index in [1.165, 1.54) is 38.5 Å². The summed E-state index contributed by atoms with van der Waals surface area (Å²) in [7, 11) is -1.08. The molecule has 8 nitrogen and oxygen atoms in total. The van der Waals surface area contributed by atoms with Crippen LogP contribution in [-0.2, 0) is 14.8 Å². The van der Waals surface area contributed by atoms with E-state index in [-0.39, 0.29) is 28.8 Å². The molecule has 0 aliphatic carbocycles. The maximum absolute atomic E-state index is 12.8. The average Bonchev–Trinajstić information content (AvgIpc) is 2.76. The topological polar surface area (TPSA) is 103 Å². The molecule has 2 aromatic rings. The highest BCUT2D eigenvalue weighted by atomic mass is 32.2. The SMILES string of the molecule is COc1ccc(S(=O)(=O)Nc2ccc3c(c2)NC(=O)C(C)(C)CO3)c(OC)c1. The monoisotopic (exact) mass is 406 g/mol. The fraction of sp³-hybridized carbons (Fsp3) is 0.316. The van der Waals surface area contributed by atoms with Gasteiger partial charge in [-0.1, -0.05) is 0 Å². The molecule has 1 aliphatic heterocycles. The van der Waals surface area contributed by atoms with E-state index in [1.54, 1.807) is 26.0 Å². The van der Waals surface area contributed by atoms with E-state index in [2.05, 4.69) is 10.0 Å². The predicted octanol–water partition coefficient (Wildman–Crippen LogP) is 2.86. The van der Waals surface area contributed by atoms with Crippen LogP contribution >= 0.6 is 0 Å². The molecule has 1 heterocycles. The summed E-state index contributed by atoms with van der Waals surface area (Å²) in [4.78, 5) is 12.3. The van der Waals surface area contributed by atoms with Gasteiger partial charge in [0.05, 0.1) is 31.0 Å². The van der Waals surface area contributed by atoms with Crippen LogP contribution in [0.15, 0.2) is 41.3 Å². The second kappa shape index (κ2) is 7.23. The summed E-state index contributed by atoms with van der Waals surface area (Å²) in [6, 6.07) is 9.11. The number of carbonyl (C=O) groups is 1. The zero-order valence-electron chi connectivity index (χ0n) is 16.0. The van der Waals surface area contributed by atoms with Crippen LogP contribution in [0.5, 0.6) is 17.2 Å². The fourth-order valence-electron chi connectivity index (χ4n) is 2.64. The lowest BCUT2D eigenvalue weighted by Crippen LogP contribution is -2.33. The van der Waals surface area contributed by atoms with Gasteiger partial charge in [-0.2, -0.15) is 0 Å². The van der Waals surface area contributed by atoms with E-state index in [0.29, 0.717) is 17.2 Å². The summed E-state index contributed by atoms with van der Waals surface area (Å²) in [5.74, 6) is 0.898. The number of anilines is 2. The molecule has 0 aromatic heterocycles. The van der Waals surface area contributed by atoms with Crippen LogP contribution in [0.2, 0.25) is 0 Å². The smallest absolute Gasteiger partial charge is 0.265 e. The first kappa shape index (κ1) is 19.8. The molecule has 0 atom stereocenters. The molecule has 1 amide bonds. The Morgan fingerprint density at radius 3 is 2.54 bits per heavy atom. The molecule has 9 heteroatoms. The maximum Gasteiger partial charge on any atom is 0.265 e. The number of amides is 1. The van der Waals surface area contributed by atoms with Crippen molar-refractivity contribution in [3.63, 3.8) is 0 Å². The van der Waals surface area contributed by atoms with Crippen LogP contribution in [0, 0.1) is 5.41 Å².